The smallest absolute Gasteiger partial charge is 0.0789 e. The lowest BCUT2D eigenvalue weighted by Crippen LogP contribution is -2.11. The second-order valence-electron chi connectivity index (χ2n) is 17.6. The van der Waals surface area contributed by atoms with Crippen LogP contribution in [-0.4, -0.2) is 8.80 Å². The number of benzene rings is 11. The number of para-hydroxylation sites is 6. The Labute approximate surface area is 379 Å². The highest BCUT2D eigenvalue weighted by Gasteiger charge is 2.30. The summed E-state index contributed by atoms with van der Waals surface area (Å²) < 4.78 is 5.19. The highest BCUT2D eigenvalue weighted by atomic mass is 15.2. The fourth-order valence-electron chi connectivity index (χ4n) is 11.7. The molecule has 0 aliphatic rings. The second kappa shape index (κ2) is 13.3. The van der Waals surface area contributed by atoms with Crippen molar-refractivity contribution in [2.75, 3.05) is 9.80 Å². The van der Waals surface area contributed by atoms with Crippen LogP contribution in [0.2, 0.25) is 0 Å². The van der Waals surface area contributed by atoms with Crippen LogP contribution in [0.5, 0.6) is 0 Å². The van der Waals surface area contributed by atoms with Crippen LogP contribution in [0.1, 0.15) is 0 Å². The Morgan fingerprint density at radius 3 is 1.32 bits per heavy atom. The summed E-state index contributed by atoms with van der Waals surface area (Å²) in [6.07, 6.45) is 0. The molecule has 0 spiro atoms. The zero-order valence-electron chi connectivity index (χ0n) is 35.7. The van der Waals surface area contributed by atoms with Crippen molar-refractivity contribution in [1.82, 2.24) is 8.80 Å². The Morgan fingerprint density at radius 1 is 0.258 bits per heavy atom. The molecule has 0 fully saturated rings. The molecule has 4 heterocycles. The van der Waals surface area contributed by atoms with Crippen molar-refractivity contribution in [3.63, 3.8) is 0 Å². The standard InChI is InChI=1S/C62H38N4/c1-5-21-41(22-6-1)63(42-23-7-2-8-24-42)54-34-18-33-48-55-45-29-15-13-19-39(45)38-51-57-53(66(59(48)54)60(51)55)36-35-52-56(57)49-32-17-31-47-50-37-40-20-14-16-30-46(40)61(62(50)65(52)58(47)49)64(43-25-9-3-10-26-43)44-27-11-4-12-28-44/h1-38H. The van der Waals surface area contributed by atoms with Crippen molar-refractivity contribution >= 4 is 132 Å². The van der Waals surface area contributed by atoms with E-state index in [1.165, 1.54) is 103 Å². The van der Waals surface area contributed by atoms with E-state index in [1.54, 1.807) is 0 Å². The summed E-state index contributed by atoms with van der Waals surface area (Å²) in [5.74, 6) is 0. The Hall–Kier alpha value is -8.86. The van der Waals surface area contributed by atoms with E-state index < -0.39 is 0 Å². The van der Waals surface area contributed by atoms with Crippen LogP contribution >= 0.6 is 0 Å². The molecule has 0 saturated heterocycles. The Bertz CT molecular complexity index is 4300. The number of nitrogens with zero attached hydrogens (tertiary/aromatic N) is 4. The van der Waals surface area contributed by atoms with Crippen LogP contribution < -0.4 is 9.80 Å². The van der Waals surface area contributed by atoms with Gasteiger partial charge in [0.05, 0.1) is 44.5 Å². The summed E-state index contributed by atoms with van der Waals surface area (Å²) in [5.41, 5.74) is 14.1. The molecule has 4 nitrogen and oxygen atoms in total. The third-order valence-electron chi connectivity index (χ3n) is 14.2. The summed E-state index contributed by atoms with van der Waals surface area (Å²) in [6, 6.07) is 84.7. The third-order valence-corrected chi connectivity index (χ3v) is 14.2. The van der Waals surface area contributed by atoms with Crippen LogP contribution in [0.3, 0.4) is 0 Å². The number of hydrogen-bond acceptors (Lipinski definition) is 2. The first-order valence-corrected chi connectivity index (χ1v) is 22.8. The van der Waals surface area contributed by atoms with Gasteiger partial charge in [-0.05, 0) is 95.0 Å². The van der Waals surface area contributed by atoms with Gasteiger partial charge < -0.3 is 18.6 Å². The van der Waals surface area contributed by atoms with Crippen molar-refractivity contribution < 1.29 is 0 Å². The number of rotatable bonds is 6. The molecule has 4 heteroatoms. The average Bonchev–Trinajstić information content (AvgIpc) is 4.11. The molecule has 306 valence electrons. The molecule has 66 heavy (non-hydrogen) atoms. The summed E-state index contributed by atoms with van der Waals surface area (Å²) in [5, 5.41) is 15.1. The minimum absolute atomic E-state index is 1.12. The van der Waals surface area contributed by atoms with E-state index in [9.17, 15) is 0 Å². The fraction of sp³-hybridized carbons (Fsp3) is 0. The molecule has 15 rings (SSSR count). The average molecular weight is 839 g/mol. The summed E-state index contributed by atoms with van der Waals surface area (Å²) in [4.78, 5) is 4.89. The highest BCUT2D eigenvalue weighted by Crippen LogP contribution is 2.53. The van der Waals surface area contributed by atoms with Crippen molar-refractivity contribution in [2.45, 2.75) is 0 Å². The zero-order chi connectivity index (χ0) is 43.0. The van der Waals surface area contributed by atoms with Gasteiger partial charge in [0.1, 0.15) is 0 Å². The van der Waals surface area contributed by atoms with Crippen molar-refractivity contribution in [1.29, 1.82) is 0 Å². The lowest BCUT2D eigenvalue weighted by molar-refractivity contribution is 1.27. The van der Waals surface area contributed by atoms with E-state index in [1.807, 2.05) is 0 Å². The van der Waals surface area contributed by atoms with Crippen molar-refractivity contribution in [3.05, 3.63) is 231 Å². The van der Waals surface area contributed by atoms with Crippen LogP contribution in [0.15, 0.2) is 231 Å². The summed E-state index contributed by atoms with van der Waals surface area (Å²) in [6.45, 7) is 0. The maximum Gasteiger partial charge on any atom is 0.0789 e. The van der Waals surface area contributed by atoms with Crippen LogP contribution in [0, 0.1) is 0 Å². The molecule has 15 aromatic rings. The molecular weight excluding hydrogens is 801 g/mol. The van der Waals surface area contributed by atoms with E-state index in [0.29, 0.717) is 0 Å². The minimum atomic E-state index is 1.12. The molecule has 0 amide bonds. The first-order chi connectivity index (χ1) is 32.8. The van der Waals surface area contributed by atoms with E-state index in [4.69, 9.17) is 0 Å². The second-order valence-corrected chi connectivity index (χ2v) is 17.6. The van der Waals surface area contributed by atoms with Gasteiger partial charge in [0.15, 0.2) is 0 Å². The lowest BCUT2D eigenvalue weighted by Gasteiger charge is -2.28. The largest absolute Gasteiger partial charge is 0.308 e. The van der Waals surface area contributed by atoms with Crippen LogP contribution in [-0.2, 0) is 0 Å². The molecular formula is C62H38N4. The SMILES string of the molecule is c1ccc(N(c2ccccc2)c2c3ccccc3cc3c4cccc5c6c7c8cc9ccccc9c9c%10cccc(N(c%11ccccc%11)c%11ccccc%11)c%10n(c7ccc6n(c23)c45)c89)cc1. The first-order valence-electron chi connectivity index (χ1n) is 22.8. The molecule has 11 aromatic carbocycles. The van der Waals surface area contributed by atoms with Crippen molar-refractivity contribution in [3.8, 4) is 0 Å². The molecule has 0 bridgehead atoms. The molecule has 0 atom stereocenters. The molecule has 0 N–H and O–H groups in total. The summed E-state index contributed by atoms with van der Waals surface area (Å²) >= 11 is 0. The maximum atomic E-state index is 2.60. The maximum absolute atomic E-state index is 2.60. The van der Waals surface area contributed by atoms with Crippen LogP contribution in [0.4, 0.5) is 34.1 Å². The van der Waals surface area contributed by atoms with Gasteiger partial charge >= 0.3 is 0 Å². The molecule has 0 saturated carbocycles. The van der Waals surface area contributed by atoms with Crippen molar-refractivity contribution in [2.24, 2.45) is 0 Å². The topological polar surface area (TPSA) is 15.3 Å². The number of fused-ring (bicyclic) bond motifs is 16. The molecule has 0 radical (unpaired) electrons. The third kappa shape index (κ3) is 4.66. The molecule has 0 aliphatic carbocycles. The molecule has 0 aliphatic heterocycles. The van der Waals surface area contributed by atoms with Gasteiger partial charge in [0, 0.05) is 71.2 Å². The van der Waals surface area contributed by atoms with Gasteiger partial charge in [-0.15, -0.1) is 0 Å². The van der Waals surface area contributed by atoms with Gasteiger partial charge in [-0.3, -0.25) is 0 Å². The van der Waals surface area contributed by atoms with E-state index in [0.717, 1.165) is 28.4 Å². The lowest BCUT2D eigenvalue weighted by atomic mass is 9.97. The Morgan fingerprint density at radius 2 is 0.697 bits per heavy atom. The van der Waals surface area contributed by atoms with Gasteiger partial charge in [-0.25, -0.2) is 0 Å². The minimum Gasteiger partial charge on any atom is -0.308 e. The predicted molar refractivity (Wildman–Crippen MR) is 280 cm³/mol. The fourth-order valence-corrected chi connectivity index (χ4v) is 11.7. The summed E-state index contributed by atoms with van der Waals surface area (Å²) in [7, 11) is 0. The number of aromatic nitrogens is 2. The molecule has 0 unspecified atom stereocenters. The molecule has 4 aromatic heterocycles. The first kappa shape index (κ1) is 35.6. The Balaban J connectivity index is 1.14. The van der Waals surface area contributed by atoms with Gasteiger partial charge in [-0.1, -0.05) is 152 Å². The van der Waals surface area contributed by atoms with Gasteiger partial charge in [0.25, 0.3) is 0 Å². The normalized spacial score (nSPS) is 12.2. The van der Waals surface area contributed by atoms with Gasteiger partial charge in [0.2, 0.25) is 0 Å². The zero-order valence-corrected chi connectivity index (χ0v) is 35.7. The monoisotopic (exact) mass is 838 g/mol. The number of anilines is 6. The van der Waals surface area contributed by atoms with E-state index >= 15 is 0 Å². The quantitative estimate of drug-likeness (QED) is 0.166. The predicted octanol–water partition coefficient (Wildman–Crippen LogP) is 17.2. The van der Waals surface area contributed by atoms with Gasteiger partial charge in [-0.2, -0.15) is 0 Å². The van der Waals surface area contributed by atoms with E-state index in [2.05, 4.69) is 249 Å². The van der Waals surface area contributed by atoms with E-state index in [-0.39, 0.29) is 0 Å². The Kier molecular flexibility index (Phi) is 7.19. The van der Waals surface area contributed by atoms with Crippen LogP contribution in [0.25, 0.3) is 97.7 Å². The highest BCUT2D eigenvalue weighted by molar-refractivity contribution is 6.39. The number of hydrogen-bond donors (Lipinski definition) is 0.